The molecular weight excluding hydrogens is 268 g/mol. The maximum absolute atomic E-state index is 12.5. The number of hydrogen-bond acceptors (Lipinski definition) is 5. The van der Waals surface area contributed by atoms with Crippen molar-refractivity contribution >= 4 is 5.97 Å². The lowest BCUT2D eigenvalue weighted by molar-refractivity contribution is -0.150. The lowest BCUT2D eigenvalue weighted by Gasteiger charge is -2.34. The van der Waals surface area contributed by atoms with Gasteiger partial charge in [0, 0.05) is 6.04 Å². The van der Waals surface area contributed by atoms with Crippen LogP contribution in [0, 0.1) is 0 Å². The summed E-state index contributed by atoms with van der Waals surface area (Å²) in [6.45, 7) is 4.28. The molecule has 1 aromatic heterocycles. The molecule has 0 aliphatic heterocycles. The summed E-state index contributed by atoms with van der Waals surface area (Å²) < 4.78 is 6.68. The number of benzene rings is 1. The fourth-order valence-corrected chi connectivity index (χ4v) is 2.41. The summed E-state index contributed by atoms with van der Waals surface area (Å²) in [5.41, 5.74) is -0.168. The second-order valence-electron chi connectivity index (χ2n) is 5.16. The summed E-state index contributed by atoms with van der Waals surface area (Å²) >= 11 is 0. The van der Waals surface area contributed by atoms with Gasteiger partial charge in [-0.3, -0.25) is 10.00 Å². The van der Waals surface area contributed by atoms with E-state index < -0.39 is 5.54 Å². The lowest BCUT2D eigenvalue weighted by atomic mass is 9.88. The van der Waals surface area contributed by atoms with E-state index >= 15 is 0 Å². The topological polar surface area (TPSA) is 69.0 Å². The van der Waals surface area contributed by atoms with Gasteiger partial charge < -0.3 is 4.74 Å². The Bertz CT molecular complexity index is 569. The molecule has 0 aliphatic carbocycles. The van der Waals surface area contributed by atoms with Gasteiger partial charge in [0.2, 0.25) is 0 Å². The molecular formula is C15H20N4O2. The molecule has 1 heterocycles. The fourth-order valence-electron chi connectivity index (χ4n) is 2.41. The van der Waals surface area contributed by atoms with E-state index in [9.17, 15) is 4.79 Å². The zero-order valence-corrected chi connectivity index (χ0v) is 12.5. The van der Waals surface area contributed by atoms with Crippen molar-refractivity contribution in [2.75, 3.05) is 7.11 Å². The molecule has 112 valence electrons. The molecule has 0 bridgehead atoms. The largest absolute Gasteiger partial charge is 0.467 e. The van der Waals surface area contributed by atoms with Crippen molar-refractivity contribution in [2.45, 2.75) is 32.0 Å². The Morgan fingerprint density at radius 3 is 2.62 bits per heavy atom. The van der Waals surface area contributed by atoms with E-state index in [1.807, 2.05) is 44.2 Å². The fraction of sp³-hybridized carbons (Fsp3) is 0.400. The van der Waals surface area contributed by atoms with Crippen LogP contribution in [0.25, 0.3) is 0 Å². The maximum atomic E-state index is 12.5. The molecule has 21 heavy (non-hydrogen) atoms. The summed E-state index contributed by atoms with van der Waals surface area (Å²) in [5, 5.41) is 7.44. The van der Waals surface area contributed by atoms with Crippen LogP contribution in [0.2, 0.25) is 0 Å². The first kappa shape index (κ1) is 15.2. The molecule has 0 saturated carbocycles. The predicted molar refractivity (Wildman–Crippen MR) is 78.4 cm³/mol. The van der Waals surface area contributed by atoms with Crippen LogP contribution in [-0.4, -0.2) is 33.9 Å². The first-order valence-electron chi connectivity index (χ1n) is 6.82. The molecule has 0 amide bonds. The Kier molecular flexibility index (Phi) is 4.70. The molecule has 2 rings (SSSR count). The van der Waals surface area contributed by atoms with Gasteiger partial charge in [-0.05, 0) is 19.4 Å². The molecule has 0 fully saturated rings. The number of carbonyl (C=O) groups is 1. The van der Waals surface area contributed by atoms with Crippen LogP contribution < -0.4 is 5.32 Å². The average molecular weight is 288 g/mol. The van der Waals surface area contributed by atoms with Crippen molar-refractivity contribution in [1.82, 2.24) is 20.1 Å². The van der Waals surface area contributed by atoms with Gasteiger partial charge in [-0.15, -0.1) is 0 Å². The highest BCUT2D eigenvalue weighted by Gasteiger charge is 2.42. The highest BCUT2D eigenvalue weighted by Crippen LogP contribution is 2.25. The number of nitrogens with one attached hydrogen (secondary N) is 1. The number of aromatic nitrogens is 3. The highest BCUT2D eigenvalue weighted by atomic mass is 16.5. The van der Waals surface area contributed by atoms with Crippen molar-refractivity contribution in [3.8, 4) is 0 Å². The minimum atomic E-state index is -1.00. The number of carbonyl (C=O) groups excluding carboxylic acids is 1. The summed E-state index contributed by atoms with van der Waals surface area (Å²) in [6, 6.07) is 9.61. The number of rotatable bonds is 6. The zero-order valence-electron chi connectivity index (χ0n) is 12.5. The van der Waals surface area contributed by atoms with Gasteiger partial charge >= 0.3 is 5.97 Å². The number of ether oxygens (including phenoxy) is 1. The molecule has 6 heteroatoms. The standard InChI is InChI=1S/C15H20N4O2/c1-12(2)18-15(14(20)21-3,9-19-11-16-10-17-19)13-7-5-4-6-8-13/h4-8,10-12,18H,9H2,1-3H3. The molecule has 1 aromatic carbocycles. The molecule has 0 aliphatic rings. The first-order chi connectivity index (χ1) is 10.1. The van der Waals surface area contributed by atoms with E-state index in [4.69, 9.17) is 4.74 Å². The first-order valence-corrected chi connectivity index (χ1v) is 6.82. The Hall–Kier alpha value is -2.21. The van der Waals surface area contributed by atoms with Crippen LogP contribution in [0.1, 0.15) is 19.4 Å². The van der Waals surface area contributed by atoms with E-state index in [1.54, 1.807) is 11.0 Å². The second kappa shape index (κ2) is 6.49. The number of hydrogen-bond donors (Lipinski definition) is 1. The van der Waals surface area contributed by atoms with Crippen LogP contribution in [0.4, 0.5) is 0 Å². The van der Waals surface area contributed by atoms with Gasteiger partial charge in [0.25, 0.3) is 0 Å². The molecule has 0 saturated heterocycles. The molecule has 6 nitrogen and oxygen atoms in total. The Morgan fingerprint density at radius 2 is 2.10 bits per heavy atom. The Morgan fingerprint density at radius 1 is 1.38 bits per heavy atom. The van der Waals surface area contributed by atoms with E-state index in [1.165, 1.54) is 13.4 Å². The molecule has 1 atom stereocenters. The van der Waals surface area contributed by atoms with E-state index in [2.05, 4.69) is 15.4 Å². The van der Waals surface area contributed by atoms with Gasteiger partial charge in [-0.1, -0.05) is 30.3 Å². The minimum absolute atomic E-state index is 0.0906. The lowest BCUT2D eigenvalue weighted by Crippen LogP contribution is -2.55. The van der Waals surface area contributed by atoms with Crippen molar-refractivity contribution < 1.29 is 9.53 Å². The molecule has 2 aromatic rings. The molecule has 1 N–H and O–H groups in total. The summed E-state index contributed by atoms with van der Waals surface area (Å²) in [4.78, 5) is 16.5. The summed E-state index contributed by atoms with van der Waals surface area (Å²) in [5.74, 6) is -0.349. The number of nitrogens with zero attached hydrogens (tertiary/aromatic N) is 3. The molecule has 1 unspecified atom stereocenters. The summed E-state index contributed by atoms with van der Waals surface area (Å²) in [6.07, 6.45) is 3.03. The smallest absolute Gasteiger partial charge is 0.332 e. The monoisotopic (exact) mass is 288 g/mol. The van der Waals surface area contributed by atoms with Gasteiger partial charge in [0.05, 0.1) is 13.7 Å². The summed E-state index contributed by atoms with van der Waals surface area (Å²) in [7, 11) is 1.39. The third-order valence-corrected chi connectivity index (χ3v) is 3.20. The Balaban J connectivity index is 2.50. The molecule has 0 spiro atoms. The van der Waals surface area contributed by atoms with E-state index in [0.717, 1.165) is 5.56 Å². The van der Waals surface area contributed by atoms with Gasteiger partial charge in [0.1, 0.15) is 12.7 Å². The average Bonchev–Trinajstić information content (AvgIpc) is 2.99. The third-order valence-electron chi connectivity index (χ3n) is 3.20. The van der Waals surface area contributed by atoms with Crippen LogP contribution in [-0.2, 0) is 21.6 Å². The molecule has 0 radical (unpaired) electrons. The van der Waals surface area contributed by atoms with Crippen molar-refractivity contribution in [3.05, 3.63) is 48.5 Å². The van der Waals surface area contributed by atoms with Crippen molar-refractivity contribution in [3.63, 3.8) is 0 Å². The Labute approximate surface area is 124 Å². The SMILES string of the molecule is COC(=O)C(Cn1cncn1)(NC(C)C)c1ccccc1. The maximum Gasteiger partial charge on any atom is 0.332 e. The highest BCUT2D eigenvalue weighted by molar-refractivity contribution is 5.82. The number of esters is 1. The van der Waals surface area contributed by atoms with Gasteiger partial charge in [-0.25, -0.2) is 9.78 Å². The van der Waals surface area contributed by atoms with Crippen molar-refractivity contribution in [1.29, 1.82) is 0 Å². The van der Waals surface area contributed by atoms with E-state index in [0.29, 0.717) is 6.54 Å². The van der Waals surface area contributed by atoms with Crippen LogP contribution in [0.3, 0.4) is 0 Å². The zero-order chi connectivity index (χ0) is 15.3. The van der Waals surface area contributed by atoms with Crippen LogP contribution >= 0.6 is 0 Å². The van der Waals surface area contributed by atoms with E-state index in [-0.39, 0.29) is 12.0 Å². The van der Waals surface area contributed by atoms with Crippen LogP contribution in [0.5, 0.6) is 0 Å². The number of methoxy groups -OCH3 is 1. The quantitative estimate of drug-likeness (QED) is 0.812. The predicted octanol–water partition coefficient (Wildman–Crippen LogP) is 1.34. The van der Waals surface area contributed by atoms with Gasteiger partial charge in [0.15, 0.2) is 5.54 Å². The van der Waals surface area contributed by atoms with Crippen LogP contribution in [0.15, 0.2) is 43.0 Å². The van der Waals surface area contributed by atoms with Crippen molar-refractivity contribution in [2.24, 2.45) is 0 Å². The second-order valence-corrected chi connectivity index (χ2v) is 5.16. The normalized spacial score (nSPS) is 13.9. The third kappa shape index (κ3) is 3.28. The van der Waals surface area contributed by atoms with Gasteiger partial charge in [-0.2, -0.15) is 5.10 Å². The minimum Gasteiger partial charge on any atom is -0.467 e.